The summed E-state index contributed by atoms with van der Waals surface area (Å²) < 4.78 is 3.97. The van der Waals surface area contributed by atoms with E-state index in [1.807, 2.05) is 48.1 Å². The van der Waals surface area contributed by atoms with Crippen LogP contribution in [0.5, 0.6) is 0 Å². The Balaban J connectivity index is 1.38. The van der Waals surface area contributed by atoms with Crippen molar-refractivity contribution in [3.63, 3.8) is 0 Å². The second-order valence-corrected chi connectivity index (χ2v) is 6.21. The zero-order chi connectivity index (χ0) is 15.8. The minimum atomic E-state index is 0.480. The average Bonchev–Trinajstić information content (AvgIpc) is 3.10. The van der Waals surface area contributed by atoms with Crippen molar-refractivity contribution in [1.82, 2.24) is 29.7 Å². The molecule has 0 bridgehead atoms. The van der Waals surface area contributed by atoms with E-state index in [4.69, 9.17) is 0 Å². The van der Waals surface area contributed by atoms with Gasteiger partial charge in [-0.15, -0.1) is 5.10 Å². The minimum absolute atomic E-state index is 0.480. The average molecular weight is 308 g/mol. The molecule has 23 heavy (non-hydrogen) atoms. The summed E-state index contributed by atoms with van der Waals surface area (Å²) in [6.07, 6.45) is 2.01. The highest BCUT2D eigenvalue weighted by Crippen LogP contribution is 2.24. The predicted molar refractivity (Wildman–Crippen MR) is 87.4 cm³/mol. The lowest BCUT2D eigenvalue weighted by Gasteiger charge is -2.39. The number of nitrogens with zero attached hydrogens (tertiary/aromatic N) is 6. The summed E-state index contributed by atoms with van der Waals surface area (Å²) in [4.78, 5) is 2.38. The largest absolute Gasteiger partial charge is 0.293 e. The molecule has 2 aromatic heterocycles. The van der Waals surface area contributed by atoms with Crippen molar-refractivity contribution in [3.05, 3.63) is 59.7 Å². The van der Waals surface area contributed by atoms with Crippen molar-refractivity contribution < 1.29 is 0 Å². The summed E-state index contributed by atoms with van der Waals surface area (Å²) in [6.45, 7) is 7.03. The number of hydrogen-bond acceptors (Lipinski definition) is 4. The molecule has 3 heterocycles. The molecule has 0 N–H and O–H groups in total. The fourth-order valence-corrected chi connectivity index (χ4v) is 3.15. The van der Waals surface area contributed by atoms with Gasteiger partial charge in [0.1, 0.15) is 0 Å². The molecule has 0 aliphatic carbocycles. The summed E-state index contributed by atoms with van der Waals surface area (Å²) in [6, 6.07) is 12.7. The normalized spacial score (nSPS) is 15.7. The first kappa shape index (κ1) is 14.1. The van der Waals surface area contributed by atoms with Gasteiger partial charge in [0.2, 0.25) is 0 Å². The molecule has 1 saturated heterocycles. The van der Waals surface area contributed by atoms with E-state index < -0.39 is 0 Å². The zero-order valence-electron chi connectivity index (χ0n) is 13.4. The highest BCUT2D eigenvalue weighted by molar-refractivity contribution is 5.29. The first-order valence-electron chi connectivity index (χ1n) is 7.91. The number of rotatable bonds is 4. The molecule has 1 fully saturated rings. The van der Waals surface area contributed by atoms with Crippen LogP contribution in [0.4, 0.5) is 0 Å². The van der Waals surface area contributed by atoms with E-state index in [9.17, 15) is 0 Å². The number of aromatic nitrogens is 5. The van der Waals surface area contributed by atoms with Crippen LogP contribution in [0.25, 0.3) is 5.69 Å². The van der Waals surface area contributed by atoms with Crippen molar-refractivity contribution in [2.24, 2.45) is 0 Å². The maximum atomic E-state index is 4.58. The predicted octanol–water partition coefficient (Wildman–Crippen LogP) is 2.14. The topological polar surface area (TPSA) is 51.8 Å². The van der Waals surface area contributed by atoms with Gasteiger partial charge in [-0.25, -0.2) is 4.68 Å². The number of benzene rings is 1. The molecule has 6 heteroatoms. The molecule has 0 amide bonds. The van der Waals surface area contributed by atoms with Crippen molar-refractivity contribution in [2.75, 3.05) is 13.1 Å². The minimum Gasteiger partial charge on any atom is -0.293 e. The quantitative estimate of drug-likeness (QED) is 0.741. The Bertz CT molecular complexity index is 798. The molecule has 0 atom stereocenters. The van der Waals surface area contributed by atoms with Crippen LogP contribution < -0.4 is 0 Å². The lowest BCUT2D eigenvalue weighted by Crippen LogP contribution is -2.47. The lowest BCUT2D eigenvalue weighted by atomic mass is 10.1. The van der Waals surface area contributed by atoms with Gasteiger partial charge in [0.15, 0.2) is 0 Å². The van der Waals surface area contributed by atoms with Gasteiger partial charge < -0.3 is 0 Å². The summed E-state index contributed by atoms with van der Waals surface area (Å²) >= 11 is 0. The highest BCUT2D eigenvalue weighted by atomic mass is 15.4. The third kappa shape index (κ3) is 2.77. The molecule has 0 saturated carbocycles. The van der Waals surface area contributed by atoms with Crippen LogP contribution >= 0.6 is 0 Å². The molecule has 1 aliphatic rings. The lowest BCUT2D eigenvalue weighted by molar-refractivity contribution is 0.0880. The van der Waals surface area contributed by atoms with E-state index in [2.05, 4.69) is 38.0 Å². The van der Waals surface area contributed by atoms with Crippen LogP contribution in [0.1, 0.15) is 23.1 Å². The van der Waals surface area contributed by atoms with E-state index in [1.165, 1.54) is 5.69 Å². The maximum Gasteiger partial charge on any atom is 0.0971 e. The van der Waals surface area contributed by atoms with Crippen molar-refractivity contribution in [3.8, 4) is 5.69 Å². The van der Waals surface area contributed by atoms with Crippen LogP contribution in [0.2, 0.25) is 0 Å². The van der Waals surface area contributed by atoms with E-state index in [1.54, 1.807) is 0 Å². The smallest absolute Gasteiger partial charge is 0.0971 e. The molecular formula is C17H20N6. The van der Waals surface area contributed by atoms with Crippen LogP contribution in [-0.2, 0) is 6.54 Å². The van der Waals surface area contributed by atoms with Crippen molar-refractivity contribution >= 4 is 0 Å². The molecule has 0 unspecified atom stereocenters. The summed E-state index contributed by atoms with van der Waals surface area (Å²) in [7, 11) is 0. The van der Waals surface area contributed by atoms with E-state index >= 15 is 0 Å². The van der Waals surface area contributed by atoms with Crippen LogP contribution in [0, 0.1) is 13.8 Å². The Morgan fingerprint density at radius 1 is 1.13 bits per heavy atom. The monoisotopic (exact) mass is 308 g/mol. The highest BCUT2D eigenvalue weighted by Gasteiger charge is 2.30. The summed E-state index contributed by atoms with van der Waals surface area (Å²) in [5.74, 6) is 0. The fraction of sp³-hybridized carbons (Fsp3) is 0.353. The van der Waals surface area contributed by atoms with Gasteiger partial charge in [-0.05, 0) is 32.0 Å². The fourth-order valence-electron chi connectivity index (χ4n) is 3.15. The second-order valence-electron chi connectivity index (χ2n) is 6.21. The molecule has 6 nitrogen and oxygen atoms in total. The third-order valence-electron chi connectivity index (χ3n) is 4.28. The van der Waals surface area contributed by atoms with Gasteiger partial charge in [0.25, 0.3) is 0 Å². The molecule has 0 radical (unpaired) electrons. The molecule has 1 aromatic carbocycles. The molecule has 1 aliphatic heterocycles. The van der Waals surface area contributed by atoms with E-state index in [0.29, 0.717) is 6.04 Å². The van der Waals surface area contributed by atoms with Gasteiger partial charge in [-0.1, -0.05) is 23.4 Å². The van der Waals surface area contributed by atoms with Crippen LogP contribution in [-0.4, -0.2) is 42.8 Å². The molecular weight excluding hydrogens is 288 g/mol. The summed E-state index contributed by atoms with van der Waals surface area (Å²) in [5, 5.41) is 13.1. The Kier molecular flexibility index (Phi) is 3.46. The molecule has 0 spiro atoms. The number of hydrogen-bond donors (Lipinski definition) is 0. The standard InChI is InChI=1S/C17H20N6/c1-13-8-14(2)23(19-13)17-11-21(12-17)9-15-10-22(20-18-15)16-6-4-3-5-7-16/h3-8,10,17H,9,11-12H2,1-2H3. The SMILES string of the molecule is Cc1cc(C)n(C2CN(Cc3cn(-c4ccccc4)nn3)C2)n1. The zero-order valence-corrected chi connectivity index (χ0v) is 13.4. The van der Waals surface area contributed by atoms with Gasteiger partial charge in [-0.2, -0.15) is 5.10 Å². The number of likely N-dealkylation sites (tertiary alicyclic amines) is 1. The Labute approximate surface area is 135 Å². The van der Waals surface area contributed by atoms with Crippen LogP contribution in [0.3, 0.4) is 0 Å². The Morgan fingerprint density at radius 2 is 1.91 bits per heavy atom. The third-order valence-corrected chi connectivity index (χ3v) is 4.28. The molecule has 4 rings (SSSR count). The van der Waals surface area contributed by atoms with E-state index in [-0.39, 0.29) is 0 Å². The van der Waals surface area contributed by atoms with Gasteiger partial charge in [-0.3, -0.25) is 9.58 Å². The first-order valence-corrected chi connectivity index (χ1v) is 7.91. The Hall–Kier alpha value is -2.47. The summed E-state index contributed by atoms with van der Waals surface area (Å²) in [5.41, 5.74) is 4.37. The second kappa shape index (κ2) is 5.62. The van der Waals surface area contributed by atoms with Gasteiger partial charge in [0, 0.05) is 25.3 Å². The Morgan fingerprint density at radius 3 is 2.61 bits per heavy atom. The van der Waals surface area contributed by atoms with E-state index in [0.717, 1.165) is 36.7 Å². The molecule has 118 valence electrons. The number of para-hydroxylation sites is 1. The van der Waals surface area contributed by atoms with Crippen molar-refractivity contribution in [1.29, 1.82) is 0 Å². The van der Waals surface area contributed by atoms with Gasteiger partial charge in [0.05, 0.1) is 29.3 Å². The van der Waals surface area contributed by atoms with Gasteiger partial charge >= 0.3 is 0 Å². The first-order chi connectivity index (χ1) is 11.2. The maximum absolute atomic E-state index is 4.58. The number of aryl methyl sites for hydroxylation is 2. The molecule has 3 aromatic rings. The van der Waals surface area contributed by atoms with Crippen molar-refractivity contribution in [2.45, 2.75) is 26.4 Å². The van der Waals surface area contributed by atoms with Crippen LogP contribution in [0.15, 0.2) is 42.6 Å².